The summed E-state index contributed by atoms with van der Waals surface area (Å²) in [4.78, 5) is 19.9. The lowest BCUT2D eigenvalue weighted by Gasteiger charge is -2.20. The molecule has 4 aromatic rings. The van der Waals surface area contributed by atoms with Crippen LogP contribution in [0.5, 0.6) is 0 Å². The number of benzene rings is 1. The quantitative estimate of drug-likeness (QED) is 0.277. The number of fused-ring (bicyclic) bond motifs is 1. The van der Waals surface area contributed by atoms with Crippen LogP contribution >= 0.6 is 11.6 Å². The normalized spacial score (nSPS) is 12.7. The van der Waals surface area contributed by atoms with Gasteiger partial charge in [0.05, 0.1) is 16.2 Å². The Morgan fingerprint density at radius 3 is 2.58 bits per heavy atom. The first-order valence-electron chi connectivity index (χ1n) is 9.05. The minimum atomic E-state index is -4.91. The second-order valence-corrected chi connectivity index (χ2v) is 7.07. The molecule has 1 aromatic carbocycles. The summed E-state index contributed by atoms with van der Waals surface area (Å²) in [5.74, 6) is 1.65. The minimum Gasteiger partial charge on any atom is -0.301 e. The largest absolute Gasteiger partial charge is 0.406 e. The van der Waals surface area contributed by atoms with Gasteiger partial charge >= 0.3 is 6.18 Å². The van der Waals surface area contributed by atoms with Gasteiger partial charge < -0.3 is 4.57 Å². The molecule has 0 spiro atoms. The van der Waals surface area contributed by atoms with Gasteiger partial charge in [-0.25, -0.2) is 10.8 Å². The number of aromatic nitrogens is 3. The molecule has 0 fully saturated rings. The van der Waals surface area contributed by atoms with Crippen molar-refractivity contribution in [3.8, 4) is 16.9 Å². The number of carbonyl (C=O) groups excluding carboxylic acids is 1. The summed E-state index contributed by atoms with van der Waals surface area (Å²) < 4.78 is 42.4. The fourth-order valence-electron chi connectivity index (χ4n) is 3.40. The first-order chi connectivity index (χ1) is 14.8. The second kappa shape index (κ2) is 8.01. The topological polar surface area (TPSA) is 85.8 Å². The summed E-state index contributed by atoms with van der Waals surface area (Å²) in [5.41, 5.74) is 2.68. The molecule has 3 heterocycles. The number of amides is 1. The van der Waals surface area contributed by atoms with Crippen molar-refractivity contribution in [2.24, 2.45) is 5.84 Å². The van der Waals surface area contributed by atoms with E-state index in [9.17, 15) is 18.0 Å². The van der Waals surface area contributed by atoms with Crippen LogP contribution in [0.2, 0.25) is 5.02 Å². The number of nitrogens with two attached hydrogens (primary N) is 1. The van der Waals surface area contributed by atoms with Gasteiger partial charge in [-0.15, -0.1) is 0 Å². The van der Waals surface area contributed by atoms with E-state index in [1.165, 1.54) is 17.7 Å². The highest BCUT2D eigenvalue weighted by atomic mass is 35.5. The number of hydrogen-bond acceptors (Lipinski definition) is 4. The third kappa shape index (κ3) is 3.85. The lowest BCUT2D eigenvalue weighted by Crippen LogP contribution is -2.41. The molecule has 158 valence electrons. The molecule has 4 rings (SSSR count). The monoisotopic (exact) mass is 445 g/mol. The molecule has 0 bridgehead atoms. The Morgan fingerprint density at radius 2 is 1.90 bits per heavy atom. The average molecular weight is 446 g/mol. The Labute approximate surface area is 179 Å². The Balaban J connectivity index is 1.80. The van der Waals surface area contributed by atoms with E-state index in [2.05, 4.69) is 9.97 Å². The SMILES string of the molecule is NNC(=O)C(c1nccc(-c2ccc3c(ccn3-c3ccccn3)c2)c1Cl)C(F)(F)F. The van der Waals surface area contributed by atoms with E-state index in [1.807, 2.05) is 41.1 Å². The molecule has 3 aromatic heterocycles. The molecule has 0 aliphatic carbocycles. The zero-order chi connectivity index (χ0) is 22.2. The summed E-state index contributed by atoms with van der Waals surface area (Å²) in [6.45, 7) is 0. The third-order valence-electron chi connectivity index (χ3n) is 4.82. The number of nitrogens with zero attached hydrogens (tertiary/aromatic N) is 3. The van der Waals surface area contributed by atoms with Crippen molar-refractivity contribution in [1.29, 1.82) is 0 Å². The van der Waals surface area contributed by atoms with Crippen LogP contribution in [0.25, 0.3) is 27.8 Å². The third-order valence-corrected chi connectivity index (χ3v) is 5.22. The van der Waals surface area contributed by atoms with Gasteiger partial charge in [0, 0.05) is 29.5 Å². The Morgan fingerprint density at radius 1 is 1.10 bits per heavy atom. The summed E-state index contributed by atoms with van der Waals surface area (Å²) in [5, 5.41) is 0.571. The van der Waals surface area contributed by atoms with Crippen molar-refractivity contribution >= 4 is 28.4 Å². The lowest BCUT2D eigenvalue weighted by atomic mass is 9.98. The van der Waals surface area contributed by atoms with Crippen LogP contribution in [-0.2, 0) is 4.79 Å². The van der Waals surface area contributed by atoms with Crippen LogP contribution < -0.4 is 11.3 Å². The molecule has 0 saturated carbocycles. The van der Waals surface area contributed by atoms with E-state index in [-0.39, 0.29) is 5.02 Å². The van der Waals surface area contributed by atoms with Gasteiger partial charge in [0.15, 0.2) is 5.92 Å². The van der Waals surface area contributed by atoms with E-state index in [0.717, 1.165) is 16.7 Å². The summed E-state index contributed by atoms with van der Waals surface area (Å²) >= 11 is 6.30. The summed E-state index contributed by atoms with van der Waals surface area (Å²) in [7, 11) is 0. The van der Waals surface area contributed by atoms with E-state index < -0.39 is 23.7 Å². The molecular formula is C21H15ClF3N5O. The fourth-order valence-corrected chi connectivity index (χ4v) is 3.73. The highest BCUT2D eigenvalue weighted by Crippen LogP contribution is 2.41. The molecule has 0 saturated heterocycles. The van der Waals surface area contributed by atoms with E-state index in [4.69, 9.17) is 17.4 Å². The number of carbonyl (C=O) groups is 1. The molecule has 31 heavy (non-hydrogen) atoms. The molecule has 3 N–H and O–H groups in total. The lowest BCUT2D eigenvalue weighted by molar-refractivity contribution is -0.165. The summed E-state index contributed by atoms with van der Waals surface area (Å²) in [6, 6.07) is 14.3. The maximum absolute atomic E-state index is 13.5. The van der Waals surface area contributed by atoms with E-state index in [1.54, 1.807) is 18.3 Å². The Hall–Kier alpha value is -3.43. The maximum Gasteiger partial charge on any atom is 0.406 e. The number of alkyl halides is 3. The molecule has 10 heteroatoms. The maximum atomic E-state index is 13.5. The molecule has 1 unspecified atom stereocenters. The molecule has 1 amide bonds. The van der Waals surface area contributed by atoms with Gasteiger partial charge in [-0.2, -0.15) is 13.2 Å². The predicted octanol–water partition coefficient (Wildman–Crippen LogP) is 4.38. The van der Waals surface area contributed by atoms with Crippen molar-refractivity contribution in [2.75, 3.05) is 0 Å². The number of hydrogen-bond donors (Lipinski definition) is 2. The van der Waals surface area contributed by atoms with E-state index in [0.29, 0.717) is 11.1 Å². The zero-order valence-corrected chi connectivity index (χ0v) is 16.5. The average Bonchev–Trinajstić information content (AvgIpc) is 3.18. The molecule has 1 atom stereocenters. The van der Waals surface area contributed by atoms with Gasteiger partial charge in [-0.3, -0.25) is 15.2 Å². The highest BCUT2D eigenvalue weighted by Gasteiger charge is 2.48. The predicted molar refractivity (Wildman–Crippen MR) is 110 cm³/mol. The van der Waals surface area contributed by atoms with Crippen LogP contribution in [-0.4, -0.2) is 26.6 Å². The zero-order valence-electron chi connectivity index (χ0n) is 15.8. The number of halogens is 4. The van der Waals surface area contributed by atoms with Gasteiger partial charge in [0.25, 0.3) is 5.91 Å². The minimum absolute atomic E-state index is 0.267. The Bertz CT molecular complexity index is 1260. The standard InChI is InChI=1S/C21H15ClF3N5O/c22-18-14(6-9-28-19(18)17(20(31)29-26)21(23,24)25)12-4-5-15-13(11-12)7-10-30(15)16-3-1-2-8-27-16/h1-11,17H,26H2,(H,29,31). The van der Waals surface area contributed by atoms with Crippen molar-refractivity contribution < 1.29 is 18.0 Å². The van der Waals surface area contributed by atoms with Gasteiger partial charge in [-0.1, -0.05) is 23.7 Å². The Kier molecular flexibility index (Phi) is 5.38. The second-order valence-electron chi connectivity index (χ2n) is 6.69. The van der Waals surface area contributed by atoms with Gasteiger partial charge in [-0.05, 0) is 42.0 Å². The van der Waals surface area contributed by atoms with Crippen LogP contribution in [0.1, 0.15) is 11.6 Å². The molecule has 0 radical (unpaired) electrons. The molecule has 6 nitrogen and oxygen atoms in total. The van der Waals surface area contributed by atoms with Crippen LogP contribution in [0.15, 0.2) is 67.1 Å². The smallest absolute Gasteiger partial charge is 0.301 e. The van der Waals surface area contributed by atoms with Crippen molar-refractivity contribution in [2.45, 2.75) is 12.1 Å². The molecular weight excluding hydrogens is 431 g/mol. The van der Waals surface area contributed by atoms with Crippen LogP contribution in [0.4, 0.5) is 13.2 Å². The van der Waals surface area contributed by atoms with E-state index >= 15 is 0 Å². The van der Waals surface area contributed by atoms with Gasteiger partial charge in [0.2, 0.25) is 0 Å². The summed E-state index contributed by atoms with van der Waals surface area (Å²) in [6.07, 6.45) is -0.199. The number of hydrazine groups is 1. The fraction of sp³-hybridized carbons (Fsp3) is 0.0952. The van der Waals surface area contributed by atoms with Gasteiger partial charge in [0.1, 0.15) is 5.82 Å². The molecule has 0 aliphatic rings. The van der Waals surface area contributed by atoms with Crippen molar-refractivity contribution in [3.63, 3.8) is 0 Å². The molecule has 0 aliphatic heterocycles. The first-order valence-corrected chi connectivity index (χ1v) is 9.43. The van der Waals surface area contributed by atoms with Crippen molar-refractivity contribution in [3.05, 3.63) is 77.8 Å². The highest BCUT2D eigenvalue weighted by molar-refractivity contribution is 6.34. The number of nitrogens with one attached hydrogen (secondary N) is 1. The van der Waals surface area contributed by atoms with Crippen molar-refractivity contribution in [1.82, 2.24) is 20.0 Å². The first kappa shape index (κ1) is 20.8. The number of rotatable bonds is 4. The van der Waals surface area contributed by atoms with Crippen LogP contribution in [0, 0.1) is 0 Å². The number of pyridine rings is 2. The van der Waals surface area contributed by atoms with Crippen LogP contribution in [0.3, 0.4) is 0 Å².